The second-order valence-corrected chi connectivity index (χ2v) is 5.48. The second-order valence-electron chi connectivity index (χ2n) is 4.50. The van der Waals surface area contributed by atoms with Crippen LogP contribution in [0.2, 0.25) is 0 Å². The summed E-state index contributed by atoms with van der Waals surface area (Å²) >= 11 is 1.49. The number of nitrogens with zero attached hydrogens (tertiary/aromatic N) is 2. The first-order chi connectivity index (χ1) is 8.75. The van der Waals surface area contributed by atoms with Crippen LogP contribution in [0.1, 0.15) is 29.6 Å². The Kier molecular flexibility index (Phi) is 2.91. The predicted octanol–water partition coefficient (Wildman–Crippen LogP) is 2.98. The molecule has 0 bridgehead atoms. The van der Waals surface area contributed by atoms with Crippen molar-refractivity contribution in [2.24, 2.45) is 0 Å². The highest BCUT2D eigenvalue weighted by Crippen LogP contribution is 2.32. The van der Waals surface area contributed by atoms with Crippen molar-refractivity contribution in [3.8, 4) is 0 Å². The van der Waals surface area contributed by atoms with E-state index in [1.165, 1.54) is 30.6 Å². The zero-order valence-corrected chi connectivity index (χ0v) is 10.7. The van der Waals surface area contributed by atoms with E-state index in [0.29, 0.717) is 5.56 Å². The fourth-order valence-electron chi connectivity index (χ4n) is 2.33. The van der Waals surface area contributed by atoms with Crippen LogP contribution in [0, 0.1) is 0 Å². The third-order valence-corrected chi connectivity index (χ3v) is 4.43. The molecular weight excluding hydrogens is 248 g/mol. The molecule has 0 spiro atoms. The fraction of sp³-hybridized carbons (Fsp3) is 0.385. The summed E-state index contributed by atoms with van der Waals surface area (Å²) in [5.74, 6) is -0.880. The Morgan fingerprint density at radius 3 is 2.78 bits per heavy atom. The smallest absolute Gasteiger partial charge is 0.337 e. The molecule has 2 heterocycles. The van der Waals surface area contributed by atoms with E-state index in [1.54, 1.807) is 12.1 Å². The van der Waals surface area contributed by atoms with Crippen LogP contribution in [-0.2, 0) is 0 Å². The summed E-state index contributed by atoms with van der Waals surface area (Å²) in [5.41, 5.74) is 1.15. The number of benzene rings is 1. The number of thiazole rings is 1. The van der Waals surface area contributed by atoms with Gasteiger partial charge in [-0.15, -0.1) is 0 Å². The number of hydrogen-bond donors (Lipinski definition) is 1. The van der Waals surface area contributed by atoms with Gasteiger partial charge in [-0.05, 0) is 31.4 Å². The maximum Gasteiger partial charge on any atom is 0.337 e. The monoisotopic (exact) mass is 262 g/mol. The number of aromatic nitrogens is 1. The van der Waals surface area contributed by atoms with Gasteiger partial charge in [0.2, 0.25) is 0 Å². The molecular formula is C13H14N2O2S. The number of carbonyl (C=O) groups is 1. The third-order valence-electron chi connectivity index (χ3n) is 3.26. The number of piperidine rings is 1. The molecule has 1 aromatic heterocycles. The van der Waals surface area contributed by atoms with E-state index in [9.17, 15) is 4.79 Å². The van der Waals surface area contributed by atoms with Gasteiger partial charge in [0.15, 0.2) is 5.13 Å². The van der Waals surface area contributed by atoms with Crippen LogP contribution in [0.25, 0.3) is 10.2 Å². The molecule has 0 radical (unpaired) electrons. The SMILES string of the molecule is O=C(O)c1cccc2nc(N3CCCCC3)sc12. The molecule has 5 heteroatoms. The van der Waals surface area contributed by atoms with Gasteiger partial charge in [0.1, 0.15) is 0 Å². The Hall–Kier alpha value is -1.62. The first kappa shape index (κ1) is 11.5. The summed E-state index contributed by atoms with van der Waals surface area (Å²) in [4.78, 5) is 18.0. The molecule has 0 aliphatic carbocycles. The average Bonchev–Trinajstić information content (AvgIpc) is 2.83. The Bertz CT molecular complexity index is 588. The molecule has 0 saturated carbocycles. The minimum Gasteiger partial charge on any atom is -0.478 e. The maximum atomic E-state index is 11.2. The number of rotatable bonds is 2. The van der Waals surface area contributed by atoms with Crippen molar-refractivity contribution >= 4 is 32.7 Å². The van der Waals surface area contributed by atoms with Crippen LogP contribution in [0.4, 0.5) is 5.13 Å². The van der Waals surface area contributed by atoms with Crippen LogP contribution in [-0.4, -0.2) is 29.1 Å². The van der Waals surface area contributed by atoms with Crippen molar-refractivity contribution in [2.45, 2.75) is 19.3 Å². The van der Waals surface area contributed by atoms with E-state index in [0.717, 1.165) is 28.4 Å². The summed E-state index contributed by atoms with van der Waals surface area (Å²) < 4.78 is 0.783. The lowest BCUT2D eigenvalue weighted by atomic mass is 10.1. The van der Waals surface area contributed by atoms with E-state index in [2.05, 4.69) is 9.88 Å². The lowest BCUT2D eigenvalue weighted by molar-refractivity contribution is 0.0699. The number of hydrogen-bond acceptors (Lipinski definition) is 4. The van der Waals surface area contributed by atoms with Crippen molar-refractivity contribution in [1.82, 2.24) is 4.98 Å². The first-order valence-electron chi connectivity index (χ1n) is 6.13. The largest absolute Gasteiger partial charge is 0.478 e. The lowest BCUT2D eigenvalue weighted by Crippen LogP contribution is -2.29. The Balaban J connectivity index is 2.04. The number of carboxylic acids is 1. The van der Waals surface area contributed by atoms with Gasteiger partial charge in [-0.3, -0.25) is 0 Å². The molecule has 2 aromatic rings. The van der Waals surface area contributed by atoms with Crippen LogP contribution in [0.15, 0.2) is 18.2 Å². The van der Waals surface area contributed by atoms with Gasteiger partial charge in [-0.1, -0.05) is 17.4 Å². The molecule has 0 amide bonds. The van der Waals surface area contributed by atoms with Gasteiger partial charge >= 0.3 is 5.97 Å². The van der Waals surface area contributed by atoms with Crippen molar-refractivity contribution < 1.29 is 9.90 Å². The molecule has 1 aromatic carbocycles. The van der Waals surface area contributed by atoms with E-state index < -0.39 is 5.97 Å². The molecule has 94 valence electrons. The number of carboxylic acid groups (broad SMARTS) is 1. The minimum atomic E-state index is -0.880. The molecule has 0 atom stereocenters. The van der Waals surface area contributed by atoms with Gasteiger partial charge < -0.3 is 10.0 Å². The fourth-order valence-corrected chi connectivity index (χ4v) is 3.45. The van der Waals surface area contributed by atoms with Crippen LogP contribution < -0.4 is 4.90 Å². The zero-order chi connectivity index (χ0) is 12.5. The second kappa shape index (κ2) is 4.57. The lowest BCUT2D eigenvalue weighted by Gasteiger charge is -2.25. The molecule has 1 aliphatic rings. The summed E-state index contributed by atoms with van der Waals surface area (Å²) in [5, 5.41) is 10.1. The van der Waals surface area contributed by atoms with Gasteiger partial charge in [0.25, 0.3) is 0 Å². The highest BCUT2D eigenvalue weighted by atomic mass is 32.1. The Labute approximate surface area is 109 Å². The Morgan fingerprint density at radius 1 is 1.28 bits per heavy atom. The normalized spacial score (nSPS) is 16.1. The zero-order valence-electron chi connectivity index (χ0n) is 9.93. The molecule has 18 heavy (non-hydrogen) atoms. The highest BCUT2D eigenvalue weighted by Gasteiger charge is 2.17. The molecule has 1 aliphatic heterocycles. The van der Waals surface area contributed by atoms with Crippen molar-refractivity contribution in [1.29, 1.82) is 0 Å². The average molecular weight is 262 g/mol. The molecule has 1 saturated heterocycles. The highest BCUT2D eigenvalue weighted by molar-refractivity contribution is 7.22. The van der Waals surface area contributed by atoms with Crippen molar-refractivity contribution in [2.75, 3.05) is 18.0 Å². The summed E-state index contributed by atoms with van der Waals surface area (Å²) in [7, 11) is 0. The summed E-state index contributed by atoms with van der Waals surface area (Å²) in [6, 6.07) is 5.28. The van der Waals surface area contributed by atoms with E-state index in [-0.39, 0.29) is 0 Å². The standard InChI is InChI=1S/C13H14N2O2S/c16-12(17)9-5-4-6-10-11(9)18-13(14-10)15-7-2-1-3-8-15/h4-6H,1-3,7-8H2,(H,16,17). The summed E-state index contributed by atoms with van der Waals surface area (Å²) in [6.45, 7) is 2.06. The van der Waals surface area contributed by atoms with Crippen molar-refractivity contribution in [3.63, 3.8) is 0 Å². The topological polar surface area (TPSA) is 53.4 Å². The third kappa shape index (κ3) is 1.95. The molecule has 0 unspecified atom stereocenters. The van der Waals surface area contributed by atoms with Gasteiger partial charge in [-0.2, -0.15) is 0 Å². The van der Waals surface area contributed by atoms with Gasteiger partial charge in [0, 0.05) is 13.1 Å². The van der Waals surface area contributed by atoms with Gasteiger partial charge in [-0.25, -0.2) is 9.78 Å². The van der Waals surface area contributed by atoms with E-state index in [1.807, 2.05) is 6.07 Å². The van der Waals surface area contributed by atoms with E-state index in [4.69, 9.17) is 5.11 Å². The molecule has 3 rings (SSSR count). The van der Waals surface area contributed by atoms with Crippen LogP contribution in [0.3, 0.4) is 0 Å². The quantitative estimate of drug-likeness (QED) is 0.904. The van der Waals surface area contributed by atoms with E-state index >= 15 is 0 Å². The molecule has 4 nitrogen and oxygen atoms in total. The Morgan fingerprint density at radius 2 is 2.06 bits per heavy atom. The first-order valence-corrected chi connectivity index (χ1v) is 6.95. The number of fused-ring (bicyclic) bond motifs is 1. The van der Waals surface area contributed by atoms with Crippen LogP contribution >= 0.6 is 11.3 Å². The minimum absolute atomic E-state index is 0.355. The number of aromatic carboxylic acids is 1. The van der Waals surface area contributed by atoms with Gasteiger partial charge in [0.05, 0.1) is 15.8 Å². The molecule has 1 N–H and O–H groups in total. The van der Waals surface area contributed by atoms with Crippen molar-refractivity contribution in [3.05, 3.63) is 23.8 Å². The van der Waals surface area contributed by atoms with Crippen LogP contribution in [0.5, 0.6) is 0 Å². The maximum absolute atomic E-state index is 11.2. The molecule has 1 fully saturated rings. The summed E-state index contributed by atoms with van der Waals surface area (Å²) in [6.07, 6.45) is 3.67. The number of anilines is 1. The predicted molar refractivity (Wildman–Crippen MR) is 72.6 cm³/mol.